The van der Waals surface area contributed by atoms with Gasteiger partial charge in [0.25, 0.3) is 0 Å². The van der Waals surface area contributed by atoms with Crippen molar-refractivity contribution < 1.29 is 9.59 Å². The highest BCUT2D eigenvalue weighted by atomic mass is 16.2. The fourth-order valence-electron chi connectivity index (χ4n) is 3.01. The number of pyridine rings is 1. The Labute approximate surface area is 144 Å². The smallest absolute Gasteiger partial charge is 0.230 e. The van der Waals surface area contributed by atoms with Crippen LogP contribution in [0.15, 0.2) is 42.6 Å². The number of carbonyl (C=O) groups is 2. The van der Waals surface area contributed by atoms with Crippen LogP contribution in [0.5, 0.6) is 0 Å². The molecule has 3 heterocycles. The van der Waals surface area contributed by atoms with Gasteiger partial charge in [-0.05, 0) is 30.7 Å². The Morgan fingerprint density at radius 1 is 1.28 bits per heavy atom. The number of amides is 2. The highest BCUT2D eigenvalue weighted by Gasteiger charge is 2.36. The summed E-state index contributed by atoms with van der Waals surface area (Å²) in [6, 6.07) is 11.2. The predicted molar refractivity (Wildman–Crippen MR) is 94.2 cm³/mol. The van der Waals surface area contributed by atoms with E-state index in [1.165, 1.54) is 0 Å². The molecule has 0 saturated carbocycles. The average Bonchev–Trinajstić information content (AvgIpc) is 3.20. The van der Waals surface area contributed by atoms with Crippen molar-refractivity contribution in [1.82, 2.24) is 15.2 Å². The summed E-state index contributed by atoms with van der Waals surface area (Å²) in [6.07, 6.45) is 1.86. The maximum atomic E-state index is 12.5. The number of anilines is 2. The minimum atomic E-state index is -0.425. The molecule has 1 fully saturated rings. The third-order valence-electron chi connectivity index (χ3n) is 4.36. The van der Waals surface area contributed by atoms with Gasteiger partial charge in [0.2, 0.25) is 11.8 Å². The summed E-state index contributed by atoms with van der Waals surface area (Å²) in [5.74, 6) is 0.337. The highest BCUT2D eigenvalue weighted by molar-refractivity contribution is 6.06. The Balaban J connectivity index is 1.52. The Morgan fingerprint density at radius 2 is 2.12 bits per heavy atom. The van der Waals surface area contributed by atoms with Gasteiger partial charge in [0.1, 0.15) is 5.82 Å². The summed E-state index contributed by atoms with van der Waals surface area (Å²) >= 11 is 0. The van der Waals surface area contributed by atoms with Gasteiger partial charge >= 0.3 is 0 Å². The zero-order valence-corrected chi connectivity index (χ0v) is 13.7. The van der Waals surface area contributed by atoms with Gasteiger partial charge < -0.3 is 5.32 Å². The van der Waals surface area contributed by atoms with Crippen LogP contribution in [0.2, 0.25) is 0 Å². The molecule has 3 aromatic rings. The van der Waals surface area contributed by atoms with Gasteiger partial charge in [-0.25, -0.2) is 4.98 Å². The lowest BCUT2D eigenvalue weighted by Crippen LogP contribution is -2.28. The topological polar surface area (TPSA) is 91.0 Å². The molecule has 7 heteroatoms. The van der Waals surface area contributed by atoms with E-state index < -0.39 is 5.92 Å². The van der Waals surface area contributed by atoms with Gasteiger partial charge in [-0.2, -0.15) is 5.10 Å². The Kier molecular flexibility index (Phi) is 3.68. The number of benzene rings is 1. The first-order valence-corrected chi connectivity index (χ1v) is 8.09. The summed E-state index contributed by atoms with van der Waals surface area (Å²) in [6.45, 7) is 2.24. The summed E-state index contributed by atoms with van der Waals surface area (Å²) in [7, 11) is 0. The van der Waals surface area contributed by atoms with Crippen LogP contribution in [0.4, 0.5) is 11.6 Å². The standard InChI is InChI=1S/C18H17N5O2/c1-11-6-7-15(19-9-11)20-18(25)12-8-16(24)23(10-12)17-13-4-2-3-5-14(13)21-22-17/h2-7,9,12H,8,10H2,1H3,(H,21,22)(H,19,20,25)/t12-/m1/s1. The Hall–Kier alpha value is -3.22. The molecule has 1 aliphatic heterocycles. The largest absolute Gasteiger partial charge is 0.310 e. The van der Waals surface area contributed by atoms with Crippen LogP contribution in [-0.2, 0) is 9.59 Å². The van der Waals surface area contributed by atoms with E-state index in [2.05, 4.69) is 20.5 Å². The van der Waals surface area contributed by atoms with E-state index in [1.54, 1.807) is 17.2 Å². The first kappa shape index (κ1) is 15.3. The van der Waals surface area contributed by atoms with Crippen LogP contribution in [0.25, 0.3) is 10.9 Å². The molecule has 7 nitrogen and oxygen atoms in total. The number of hydrogen-bond acceptors (Lipinski definition) is 4. The molecule has 25 heavy (non-hydrogen) atoms. The van der Waals surface area contributed by atoms with Crippen LogP contribution in [-0.4, -0.2) is 33.5 Å². The highest BCUT2D eigenvalue weighted by Crippen LogP contribution is 2.29. The zero-order valence-electron chi connectivity index (χ0n) is 13.7. The fourth-order valence-corrected chi connectivity index (χ4v) is 3.01. The lowest BCUT2D eigenvalue weighted by atomic mass is 10.1. The number of carbonyl (C=O) groups excluding carboxylic acids is 2. The van der Waals surface area contributed by atoms with E-state index in [9.17, 15) is 9.59 Å². The van der Waals surface area contributed by atoms with Crippen molar-refractivity contribution >= 4 is 34.4 Å². The van der Waals surface area contributed by atoms with E-state index in [0.717, 1.165) is 16.5 Å². The van der Waals surface area contributed by atoms with Gasteiger partial charge in [-0.3, -0.25) is 19.6 Å². The number of aromatic amines is 1. The van der Waals surface area contributed by atoms with Crippen molar-refractivity contribution in [3.63, 3.8) is 0 Å². The number of aryl methyl sites for hydroxylation is 1. The van der Waals surface area contributed by atoms with Crippen LogP contribution < -0.4 is 10.2 Å². The molecule has 126 valence electrons. The van der Waals surface area contributed by atoms with E-state index in [1.807, 2.05) is 37.3 Å². The van der Waals surface area contributed by atoms with E-state index >= 15 is 0 Å². The molecule has 1 saturated heterocycles. The number of nitrogens with zero attached hydrogens (tertiary/aromatic N) is 3. The third-order valence-corrected chi connectivity index (χ3v) is 4.36. The summed E-state index contributed by atoms with van der Waals surface area (Å²) < 4.78 is 0. The van der Waals surface area contributed by atoms with Crippen LogP contribution in [0, 0.1) is 12.8 Å². The van der Waals surface area contributed by atoms with E-state index in [4.69, 9.17) is 0 Å². The maximum absolute atomic E-state index is 12.5. The molecule has 1 atom stereocenters. The number of para-hydroxylation sites is 1. The first-order valence-electron chi connectivity index (χ1n) is 8.09. The minimum absolute atomic E-state index is 0.103. The second-order valence-corrected chi connectivity index (χ2v) is 6.21. The van der Waals surface area contributed by atoms with Crippen molar-refractivity contribution in [2.45, 2.75) is 13.3 Å². The lowest BCUT2D eigenvalue weighted by Gasteiger charge is -2.14. The van der Waals surface area contributed by atoms with Gasteiger partial charge in [-0.15, -0.1) is 0 Å². The molecule has 4 rings (SSSR count). The molecule has 0 spiro atoms. The van der Waals surface area contributed by atoms with Crippen molar-refractivity contribution in [3.05, 3.63) is 48.2 Å². The fraction of sp³-hybridized carbons (Fsp3) is 0.222. The SMILES string of the molecule is Cc1ccc(NC(=O)[C@@H]2CC(=O)N(c3n[nH]c4ccccc34)C2)nc1. The molecule has 2 N–H and O–H groups in total. The number of fused-ring (bicyclic) bond motifs is 1. The van der Waals surface area contributed by atoms with Crippen molar-refractivity contribution in [2.75, 3.05) is 16.8 Å². The van der Waals surface area contributed by atoms with Crippen molar-refractivity contribution in [1.29, 1.82) is 0 Å². The molecule has 2 amide bonds. The van der Waals surface area contributed by atoms with Crippen molar-refractivity contribution in [3.8, 4) is 0 Å². The third kappa shape index (κ3) is 2.84. The maximum Gasteiger partial charge on any atom is 0.230 e. The number of nitrogens with one attached hydrogen (secondary N) is 2. The molecule has 0 radical (unpaired) electrons. The van der Waals surface area contributed by atoms with Gasteiger partial charge in [-0.1, -0.05) is 18.2 Å². The molecule has 0 bridgehead atoms. The second-order valence-electron chi connectivity index (χ2n) is 6.21. The van der Waals surface area contributed by atoms with Crippen molar-refractivity contribution in [2.24, 2.45) is 5.92 Å². The number of hydrogen-bond donors (Lipinski definition) is 2. The molecular weight excluding hydrogens is 318 g/mol. The monoisotopic (exact) mass is 335 g/mol. The predicted octanol–water partition coefficient (Wildman–Crippen LogP) is 2.26. The van der Waals surface area contributed by atoms with Gasteiger partial charge in [0, 0.05) is 24.5 Å². The number of rotatable bonds is 3. The Morgan fingerprint density at radius 3 is 2.92 bits per heavy atom. The lowest BCUT2D eigenvalue weighted by molar-refractivity contribution is -0.122. The van der Waals surface area contributed by atoms with Crippen LogP contribution >= 0.6 is 0 Å². The summed E-state index contributed by atoms with van der Waals surface area (Å²) in [4.78, 5) is 30.6. The quantitative estimate of drug-likeness (QED) is 0.768. The minimum Gasteiger partial charge on any atom is -0.310 e. The van der Waals surface area contributed by atoms with E-state index in [-0.39, 0.29) is 18.2 Å². The molecule has 1 aromatic carbocycles. The second kappa shape index (κ2) is 6.01. The molecule has 2 aromatic heterocycles. The van der Waals surface area contributed by atoms with E-state index in [0.29, 0.717) is 18.2 Å². The normalized spacial score (nSPS) is 17.2. The van der Waals surface area contributed by atoms with Gasteiger partial charge in [0.05, 0.1) is 11.4 Å². The van der Waals surface area contributed by atoms with Gasteiger partial charge in [0.15, 0.2) is 5.82 Å². The molecule has 1 aliphatic rings. The summed E-state index contributed by atoms with van der Waals surface area (Å²) in [5.41, 5.74) is 1.88. The number of H-pyrrole nitrogens is 1. The van der Waals surface area contributed by atoms with Crippen LogP contribution in [0.1, 0.15) is 12.0 Å². The zero-order chi connectivity index (χ0) is 17.4. The van der Waals surface area contributed by atoms with Crippen LogP contribution in [0.3, 0.4) is 0 Å². The average molecular weight is 335 g/mol. The first-order chi connectivity index (χ1) is 12.1. The number of aromatic nitrogens is 3. The molecular formula is C18H17N5O2. The Bertz CT molecular complexity index is 948. The molecule has 0 aliphatic carbocycles. The molecule has 0 unspecified atom stereocenters. The summed E-state index contributed by atoms with van der Waals surface area (Å²) in [5, 5.41) is 10.8.